The zero-order valence-corrected chi connectivity index (χ0v) is 13.1. The molecule has 2 rings (SSSR count). The van der Waals surface area contributed by atoms with E-state index >= 15 is 0 Å². The van der Waals surface area contributed by atoms with Crippen LogP contribution < -0.4 is 4.74 Å². The van der Waals surface area contributed by atoms with Crippen molar-refractivity contribution in [3.63, 3.8) is 0 Å². The van der Waals surface area contributed by atoms with Gasteiger partial charge in [0.15, 0.2) is 0 Å². The van der Waals surface area contributed by atoms with Gasteiger partial charge in [0.05, 0.1) is 12.0 Å². The fourth-order valence-electron chi connectivity index (χ4n) is 2.99. The van der Waals surface area contributed by atoms with Gasteiger partial charge in [0.1, 0.15) is 5.75 Å². The van der Waals surface area contributed by atoms with Gasteiger partial charge in [-0.1, -0.05) is 12.1 Å². The Balaban J connectivity index is 2.05. The first kappa shape index (κ1) is 15.8. The Morgan fingerprint density at radius 1 is 1.48 bits per heavy atom. The molecule has 1 N–H and O–H groups in total. The normalized spacial score (nSPS) is 23.2. The van der Waals surface area contributed by atoms with Crippen LogP contribution in [0, 0.1) is 5.92 Å². The van der Waals surface area contributed by atoms with Crippen molar-refractivity contribution in [3.8, 4) is 5.75 Å². The molecule has 0 saturated carbocycles. The summed E-state index contributed by atoms with van der Waals surface area (Å²) in [6, 6.07) is 8.16. The van der Waals surface area contributed by atoms with Gasteiger partial charge in [0.25, 0.3) is 0 Å². The Bertz CT molecular complexity index is 487. The molecule has 2 atom stereocenters. The third-order valence-corrected chi connectivity index (χ3v) is 4.09. The zero-order valence-electron chi connectivity index (χ0n) is 13.1. The fourth-order valence-corrected chi connectivity index (χ4v) is 2.99. The molecule has 1 aromatic rings. The molecule has 0 amide bonds. The summed E-state index contributed by atoms with van der Waals surface area (Å²) in [5.41, 5.74) is 1.17. The quantitative estimate of drug-likeness (QED) is 0.905. The molecule has 0 aliphatic carbocycles. The summed E-state index contributed by atoms with van der Waals surface area (Å²) in [7, 11) is 0. The molecular formula is C17H25NO3. The van der Waals surface area contributed by atoms with Gasteiger partial charge in [-0.05, 0) is 57.9 Å². The number of hydrogen-bond donors (Lipinski definition) is 1. The first-order valence-electron chi connectivity index (χ1n) is 7.70. The van der Waals surface area contributed by atoms with Gasteiger partial charge >= 0.3 is 5.97 Å². The molecule has 116 valence electrons. The predicted molar refractivity (Wildman–Crippen MR) is 82.4 cm³/mol. The SMILES string of the molecule is CC(C)Oc1cccc(CN2CCC[C@H](C(=O)O)[C@@H]2C)c1. The van der Waals surface area contributed by atoms with E-state index in [0.29, 0.717) is 0 Å². The van der Waals surface area contributed by atoms with Crippen LogP contribution >= 0.6 is 0 Å². The van der Waals surface area contributed by atoms with E-state index in [1.165, 1.54) is 5.56 Å². The molecule has 1 aromatic carbocycles. The minimum atomic E-state index is -0.677. The van der Waals surface area contributed by atoms with Crippen molar-refractivity contribution in [2.45, 2.75) is 52.3 Å². The first-order chi connectivity index (χ1) is 9.97. The third kappa shape index (κ3) is 4.21. The Labute approximate surface area is 126 Å². The summed E-state index contributed by atoms with van der Waals surface area (Å²) in [5, 5.41) is 9.29. The zero-order chi connectivity index (χ0) is 15.4. The molecule has 1 aliphatic rings. The summed E-state index contributed by atoms with van der Waals surface area (Å²) in [6.45, 7) is 7.78. The van der Waals surface area contributed by atoms with Crippen LogP contribution in [0.5, 0.6) is 5.75 Å². The Morgan fingerprint density at radius 3 is 2.90 bits per heavy atom. The molecule has 21 heavy (non-hydrogen) atoms. The Hall–Kier alpha value is -1.55. The summed E-state index contributed by atoms with van der Waals surface area (Å²) in [4.78, 5) is 13.6. The van der Waals surface area contributed by atoms with Crippen molar-refractivity contribution in [2.75, 3.05) is 6.54 Å². The molecule has 0 bridgehead atoms. The highest BCUT2D eigenvalue weighted by Gasteiger charge is 2.32. The van der Waals surface area contributed by atoms with Gasteiger partial charge in [-0.2, -0.15) is 0 Å². The summed E-state index contributed by atoms with van der Waals surface area (Å²) in [6.07, 6.45) is 1.89. The minimum absolute atomic E-state index is 0.0749. The van der Waals surface area contributed by atoms with E-state index < -0.39 is 5.97 Å². The average Bonchev–Trinajstić information content (AvgIpc) is 2.40. The number of hydrogen-bond acceptors (Lipinski definition) is 3. The summed E-state index contributed by atoms with van der Waals surface area (Å²) >= 11 is 0. The lowest BCUT2D eigenvalue weighted by molar-refractivity contribution is -0.145. The van der Waals surface area contributed by atoms with Crippen molar-refractivity contribution >= 4 is 5.97 Å². The number of ether oxygens (including phenoxy) is 1. The van der Waals surface area contributed by atoms with Gasteiger partial charge in [-0.15, -0.1) is 0 Å². The number of carboxylic acids is 1. The maximum atomic E-state index is 11.3. The molecule has 1 saturated heterocycles. The maximum absolute atomic E-state index is 11.3. The molecule has 4 heteroatoms. The monoisotopic (exact) mass is 291 g/mol. The Kier molecular flexibility index (Phi) is 5.23. The molecule has 1 fully saturated rings. The van der Waals surface area contributed by atoms with Crippen LogP contribution in [0.3, 0.4) is 0 Å². The van der Waals surface area contributed by atoms with Crippen LogP contribution in [-0.4, -0.2) is 34.7 Å². The number of benzene rings is 1. The molecule has 0 spiro atoms. The van der Waals surface area contributed by atoms with Crippen LogP contribution in [0.4, 0.5) is 0 Å². The van der Waals surface area contributed by atoms with E-state index in [0.717, 1.165) is 31.7 Å². The first-order valence-corrected chi connectivity index (χ1v) is 7.70. The van der Waals surface area contributed by atoms with Crippen molar-refractivity contribution in [2.24, 2.45) is 5.92 Å². The van der Waals surface area contributed by atoms with Gasteiger partial charge in [-0.3, -0.25) is 9.69 Å². The largest absolute Gasteiger partial charge is 0.491 e. The molecule has 0 aromatic heterocycles. The number of piperidine rings is 1. The number of likely N-dealkylation sites (tertiary alicyclic amines) is 1. The molecular weight excluding hydrogens is 266 g/mol. The van der Waals surface area contributed by atoms with Crippen LogP contribution in [-0.2, 0) is 11.3 Å². The summed E-state index contributed by atoms with van der Waals surface area (Å²) < 4.78 is 5.72. The van der Waals surface area contributed by atoms with Crippen LogP contribution in [0.25, 0.3) is 0 Å². The Morgan fingerprint density at radius 2 is 2.24 bits per heavy atom. The second-order valence-corrected chi connectivity index (χ2v) is 6.11. The maximum Gasteiger partial charge on any atom is 0.308 e. The van der Waals surface area contributed by atoms with E-state index in [2.05, 4.69) is 17.0 Å². The van der Waals surface area contributed by atoms with Gasteiger partial charge < -0.3 is 9.84 Å². The van der Waals surface area contributed by atoms with Crippen molar-refractivity contribution in [1.82, 2.24) is 4.90 Å². The van der Waals surface area contributed by atoms with E-state index in [4.69, 9.17) is 4.74 Å². The average molecular weight is 291 g/mol. The van der Waals surface area contributed by atoms with E-state index in [-0.39, 0.29) is 18.1 Å². The molecule has 0 radical (unpaired) electrons. The molecule has 1 aliphatic heterocycles. The lowest BCUT2D eigenvalue weighted by Gasteiger charge is -2.37. The fraction of sp³-hybridized carbons (Fsp3) is 0.588. The van der Waals surface area contributed by atoms with E-state index in [1.807, 2.05) is 32.9 Å². The molecule has 1 heterocycles. The van der Waals surface area contributed by atoms with Crippen molar-refractivity contribution in [3.05, 3.63) is 29.8 Å². The molecule has 4 nitrogen and oxygen atoms in total. The van der Waals surface area contributed by atoms with Crippen LogP contribution in [0.2, 0.25) is 0 Å². The van der Waals surface area contributed by atoms with Crippen LogP contribution in [0.15, 0.2) is 24.3 Å². The van der Waals surface area contributed by atoms with Gasteiger partial charge in [-0.25, -0.2) is 0 Å². The smallest absolute Gasteiger partial charge is 0.308 e. The predicted octanol–water partition coefficient (Wildman–Crippen LogP) is 3.16. The van der Waals surface area contributed by atoms with Crippen molar-refractivity contribution < 1.29 is 14.6 Å². The van der Waals surface area contributed by atoms with Crippen molar-refractivity contribution in [1.29, 1.82) is 0 Å². The second kappa shape index (κ2) is 6.94. The standard InChI is InChI=1S/C17H25NO3/c1-12(2)21-15-7-4-6-14(10-15)11-18-9-5-8-16(13(18)3)17(19)20/h4,6-7,10,12-13,16H,5,8-9,11H2,1-3H3,(H,19,20)/t13-,16-/m0/s1. The number of carbonyl (C=O) groups is 1. The lowest BCUT2D eigenvalue weighted by Crippen LogP contribution is -2.45. The highest BCUT2D eigenvalue weighted by atomic mass is 16.5. The number of rotatable bonds is 5. The number of nitrogens with zero attached hydrogens (tertiary/aromatic N) is 1. The highest BCUT2D eigenvalue weighted by molar-refractivity contribution is 5.70. The number of carboxylic acid groups (broad SMARTS) is 1. The molecule has 0 unspecified atom stereocenters. The van der Waals surface area contributed by atoms with Gasteiger partial charge in [0, 0.05) is 12.6 Å². The summed E-state index contributed by atoms with van der Waals surface area (Å²) in [5.74, 6) is -0.0557. The highest BCUT2D eigenvalue weighted by Crippen LogP contribution is 2.26. The third-order valence-electron chi connectivity index (χ3n) is 4.09. The topological polar surface area (TPSA) is 49.8 Å². The second-order valence-electron chi connectivity index (χ2n) is 6.11. The van der Waals surface area contributed by atoms with Gasteiger partial charge in [0.2, 0.25) is 0 Å². The number of aliphatic carboxylic acids is 1. The minimum Gasteiger partial charge on any atom is -0.491 e. The van der Waals surface area contributed by atoms with E-state index in [1.54, 1.807) is 0 Å². The van der Waals surface area contributed by atoms with E-state index in [9.17, 15) is 9.90 Å². The lowest BCUT2D eigenvalue weighted by atomic mass is 9.90. The van der Waals surface area contributed by atoms with Crippen LogP contribution in [0.1, 0.15) is 39.2 Å².